The molecule has 3 N–H and O–H groups in total. The minimum Gasteiger partial charge on any atom is -0.351 e. The van der Waals surface area contributed by atoms with Crippen molar-refractivity contribution in [2.45, 2.75) is 52.5 Å². The van der Waals surface area contributed by atoms with Gasteiger partial charge in [-0.1, -0.05) is 20.3 Å². The smallest absolute Gasteiger partial charge is 0.224 e. The molecule has 0 aromatic heterocycles. The Hall–Kier alpha value is -0.570. The summed E-state index contributed by atoms with van der Waals surface area (Å²) in [5.41, 5.74) is 5.41. The Labute approximate surface area is 87.4 Å². The largest absolute Gasteiger partial charge is 0.351 e. The molecule has 0 aliphatic heterocycles. The van der Waals surface area contributed by atoms with Gasteiger partial charge in [-0.3, -0.25) is 4.79 Å². The molecule has 14 heavy (non-hydrogen) atoms. The highest BCUT2D eigenvalue weighted by Crippen LogP contribution is 2.12. The van der Waals surface area contributed by atoms with Crippen LogP contribution in [0.4, 0.5) is 0 Å². The molecule has 0 heterocycles. The molecule has 0 aliphatic carbocycles. The lowest BCUT2D eigenvalue weighted by Gasteiger charge is -2.27. The molecular weight excluding hydrogens is 176 g/mol. The van der Waals surface area contributed by atoms with E-state index in [0.717, 1.165) is 19.3 Å². The lowest BCUT2D eigenvalue weighted by Crippen LogP contribution is -2.47. The summed E-state index contributed by atoms with van der Waals surface area (Å²) in [4.78, 5) is 11.7. The first-order valence-electron chi connectivity index (χ1n) is 5.49. The van der Waals surface area contributed by atoms with Gasteiger partial charge in [0.2, 0.25) is 5.91 Å². The van der Waals surface area contributed by atoms with E-state index in [1.54, 1.807) is 0 Å². The normalized spacial score (nSPS) is 13.8. The van der Waals surface area contributed by atoms with Crippen LogP contribution >= 0.6 is 0 Å². The fourth-order valence-electron chi connectivity index (χ4n) is 1.58. The standard InChI is InChI=1S/C11H24N2O/c1-5-7-11(3,4)13-10(14)9(6-2)8-12/h9H,5-8,12H2,1-4H3,(H,13,14). The summed E-state index contributed by atoms with van der Waals surface area (Å²) >= 11 is 0. The molecule has 0 saturated heterocycles. The van der Waals surface area contributed by atoms with Crippen LogP contribution in [0.1, 0.15) is 47.0 Å². The number of hydrogen-bond acceptors (Lipinski definition) is 2. The average molecular weight is 200 g/mol. The van der Waals surface area contributed by atoms with Crippen LogP contribution in [0.2, 0.25) is 0 Å². The number of hydrogen-bond donors (Lipinski definition) is 2. The molecule has 1 atom stereocenters. The Balaban J connectivity index is 4.15. The van der Waals surface area contributed by atoms with Crippen LogP contribution in [-0.2, 0) is 4.79 Å². The van der Waals surface area contributed by atoms with Gasteiger partial charge >= 0.3 is 0 Å². The first-order valence-corrected chi connectivity index (χ1v) is 5.49. The summed E-state index contributed by atoms with van der Waals surface area (Å²) in [6.07, 6.45) is 2.89. The van der Waals surface area contributed by atoms with Crippen molar-refractivity contribution in [3.05, 3.63) is 0 Å². The molecule has 1 unspecified atom stereocenters. The maximum absolute atomic E-state index is 11.7. The van der Waals surface area contributed by atoms with E-state index in [1.165, 1.54) is 0 Å². The zero-order chi connectivity index (χ0) is 11.2. The third-order valence-electron chi connectivity index (χ3n) is 2.48. The molecule has 0 radical (unpaired) electrons. The van der Waals surface area contributed by atoms with Gasteiger partial charge in [0, 0.05) is 18.0 Å². The van der Waals surface area contributed by atoms with E-state index in [0.29, 0.717) is 6.54 Å². The lowest BCUT2D eigenvalue weighted by atomic mass is 9.96. The van der Waals surface area contributed by atoms with Gasteiger partial charge < -0.3 is 11.1 Å². The topological polar surface area (TPSA) is 55.1 Å². The van der Waals surface area contributed by atoms with E-state index in [9.17, 15) is 4.79 Å². The van der Waals surface area contributed by atoms with Crippen molar-refractivity contribution >= 4 is 5.91 Å². The summed E-state index contributed by atoms with van der Waals surface area (Å²) in [6, 6.07) is 0. The van der Waals surface area contributed by atoms with Gasteiger partial charge in [0.05, 0.1) is 0 Å². The number of carbonyl (C=O) groups excluding carboxylic acids is 1. The Morgan fingerprint density at radius 3 is 2.36 bits per heavy atom. The van der Waals surface area contributed by atoms with E-state index in [-0.39, 0.29) is 17.4 Å². The van der Waals surface area contributed by atoms with Crippen LogP contribution in [0.5, 0.6) is 0 Å². The molecule has 0 bridgehead atoms. The number of amides is 1. The van der Waals surface area contributed by atoms with Crippen LogP contribution in [0, 0.1) is 5.92 Å². The monoisotopic (exact) mass is 200 g/mol. The Kier molecular flexibility index (Phi) is 5.77. The molecule has 0 fully saturated rings. The third kappa shape index (κ3) is 4.61. The van der Waals surface area contributed by atoms with E-state index in [4.69, 9.17) is 5.73 Å². The SMILES string of the molecule is CCCC(C)(C)NC(=O)C(CC)CN. The molecule has 0 saturated carbocycles. The molecule has 3 nitrogen and oxygen atoms in total. The minimum atomic E-state index is -0.103. The molecule has 0 aliphatic rings. The summed E-state index contributed by atoms with van der Waals surface area (Å²) in [7, 11) is 0. The Morgan fingerprint density at radius 2 is 2.00 bits per heavy atom. The van der Waals surface area contributed by atoms with E-state index in [1.807, 2.05) is 6.92 Å². The number of nitrogens with one attached hydrogen (secondary N) is 1. The van der Waals surface area contributed by atoms with Crippen LogP contribution in [-0.4, -0.2) is 18.0 Å². The van der Waals surface area contributed by atoms with Crippen LogP contribution in [0.25, 0.3) is 0 Å². The van der Waals surface area contributed by atoms with Crippen molar-refractivity contribution in [1.82, 2.24) is 5.32 Å². The molecule has 84 valence electrons. The summed E-state index contributed by atoms with van der Waals surface area (Å²) in [6.45, 7) is 8.65. The van der Waals surface area contributed by atoms with Gasteiger partial charge in [-0.15, -0.1) is 0 Å². The van der Waals surface area contributed by atoms with Gasteiger partial charge in [-0.05, 0) is 26.7 Å². The summed E-state index contributed by atoms with van der Waals surface area (Å²) in [5, 5.41) is 3.04. The first kappa shape index (κ1) is 13.4. The van der Waals surface area contributed by atoms with Crippen molar-refractivity contribution in [1.29, 1.82) is 0 Å². The minimum absolute atomic E-state index is 0.0360. The molecule has 0 rings (SSSR count). The van der Waals surface area contributed by atoms with Crippen molar-refractivity contribution in [3.63, 3.8) is 0 Å². The van der Waals surface area contributed by atoms with E-state index in [2.05, 4.69) is 26.1 Å². The van der Waals surface area contributed by atoms with E-state index < -0.39 is 0 Å². The Bertz CT molecular complexity index is 174. The zero-order valence-corrected chi connectivity index (χ0v) is 9.89. The fraction of sp³-hybridized carbons (Fsp3) is 0.909. The second-order valence-corrected chi connectivity index (χ2v) is 4.46. The molecule has 3 heteroatoms. The second-order valence-electron chi connectivity index (χ2n) is 4.46. The van der Waals surface area contributed by atoms with Crippen LogP contribution in [0.3, 0.4) is 0 Å². The van der Waals surface area contributed by atoms with Gasteiger partial charge in [0.25, 0.3) is 0 Å². The zero-order valence-electron chi connectivity index (χ0n) is 9.89. The number of rotatable bonds is 6. The fourth-order valence-corrected chi connectivity index (χ4v) is 1.58. The lowest BCUT2D eigenvalue weighted by molar-refractivity contribution is -0.126. The van der Waals surface area contributed by atoms with Crippen molar-refractivity contribution in [2.75, 3.05) is 6.54 Å². The highest BCUT2D eigenvalue weighted by atomic mass is 16.2. The summed E-state index contributed by atoms with van der Waals surface area (Å²) in [5.74, 6) is 0.0552. The molecular formula is C11H24N2O. The molecule has 0 aromatic carbocycles. The number of carbonyl (C=O) groups is 1. The van der Waals surface area contributed by atoms with Crippen LogP contribution in [0.15, 0.2) is 0 Å². The predicted octanol–water partition coefficient (Wildman–Crippen LogP) is 1.67. The Morgan fingerprint density at radius 1 is 1.43 bits per heavy atom. The average Bonchev–Trinajstić information content (AvgIpc) is 2.04. The van der Waals surface area contributed by atoms with Gasteiger partial charge in [-0.2, -0.15) is 0 Å². The predicted molar refractivity (Wildman–Crippen MR) is 60.0 cm³/mol. The second kappa shape index (κ2) is 6.02. The summed E-state index contributed by atoms with van der Waals surface area (Å²) < 4.78 is 0. The molecule has 0 spiro atoms. The van der Waals surface area contributed by atoms with Gasteiger partial charge in [0.1, 0.15) is 0 Å². The van der Waals surface area contributed by atoms with Crippen LogP contribution < -0.4 is 11.1 Å². The quantitative estimate of drug-likeness (QED) is 0.685. The molecule has 0 aromatic rings. The molecule has 1 amide bonds. The van der Waals surface area contributed by atoms with Crippen molar-refractivity contribution in [3.8, 4) is 0 Å². The van der Waals surface area contributed by atoms with Gasteiger partial charge in [-0.25, -0.2) is 0 Å². The van der Waals surface area contributed by atoms with Crippen molar-refractivity contribution in [2.24, 2.45) is 11.7 Å². The maximum Gasteiger partial charge on any atom is 0.224 e. The number of nitrogens with two attached hydrogens (primary N) is 1. The van der Waals surface area contributed by atoms with Crippen molar-refractivity contribution < 1.29 is 4.79 Å². The van der Waals surface area contributed by atoms with Gasteiger partial charge in [0.15, 0.2) is 0 Å². The highest BCUT2D eigenvalue weighted by Gasteiger charge is 2.23. The third-order valence-corrected chi connectivity index (χ3v) is 2.48. The van der Waals surface area contributed by atoms with E-state index >= 15 is 0 Å². The first-order chi connectivity index (χ1) is 6.46. The maximum atomic E-state index is 11.7. The highest BCUT2D eigenvalue weighted by molar-refractivity contribution is 5.79.